The lowest BCUT2D eigenvalue weighted by atomic mass is 10.1. The summed E-state index contributed by atoms with van der Waals surface area (Å²) in [7, 11) is 0. The highest BCUT2D eigenvalue weighted by Gasteiger charge is 2.13. The van der Waals surface area contributed by atoms with Crippen LogP contribution in [0.15, 0.2) is 46.2 Å². The molecule has 0 unspecified atom stereocenters. The minimum atomic E-state index is -0.913. The van der Waals surface area contributed by atoms with Crippen LogP contribution >= 0.6 is 11.8 Å². The SMILES string of the molecule is Nc1ccc2c(c1)Sc1cc(C(=O)O)ccc1C=C2. The highest BCUT2D eigenvalue weighted by molar-refractivity contribution is 7.99. The molecule has 4 heteroatoms. The van der Waals surface area contributed by atoms with Crippen molar-refractivity contribution >= 4 is 35.6 Å². The first-order chi connectivity index (χ1) is 9.13. The largest absolute Gasteiger partial charge is 0.478 e. The van der Waals surface area contributed by atoms with Crippen LogP contribution in [-0.2, 0) is 0 Å². The number of nitrogen functional groups attached to an aromatic ring is 1. The smallest absolute Gasteiger partial charge is 0.335 e. The lowest BCUT2D eigenvalue weighted by Gasteiger charge is -2.07. The molecule has 0 saturated heterocycles. The number of carboxylic acid groups (broad SMARTS) is 1. The van der Waals surface area contributed by atoms with E-state index in [1.807, 2.05) is 36.4 Å². The first-order valence-electron chi connectivity index (χ1n) is 5.76. The van der Waals surface area contributed by atoms with Gasteiger partial charge in [-0.2, -0.15) is 0 Å². The van der Waals surface area contributed by atoms with Gasteiger partial charge in [-0.25, -0.2) is 4.79 Å². The van der Waals surface area contributed by atoms with E-state index in [9.17, 15) is 4.79 Å². The van der Waals surface area contributed by atoms with Gasteiger partial charge in [0.15, 0.2) is 0 Å². The first kappa shape index (κ1) is 11.9. The highest BCUT2D eigenvalue weighted by atomic mass is 32.2. The summed E-state index contributed by atoms with van der Waals surface area (Å²) in [5.41, 5.74) is 8.91. The number of benzene rings is 2. The number of fused-ring (bicyclic) bond motifs is 2. The van der Waals surface area contributed by atoms with Crippen molar-refractivity contribution in [3.05, 3.63) is 53.1 Å². The molecule has 0 aromatic heterocycles. The Balaban J connectivity index is 2.13. The van der Waals surface area contributed by atoms with Gasteiger partial charge in [0.2, 0.25) is 0 Å². The summed E-state index contributed by atoms with van der Waals surface area (Å²) in [6, 6.07) is 10.9. The summed E-state index contributed by atoms with van der Waals surface area (Å²) in [6.07, 6.45) is 4.02. The monoisotopic (exact) mass is 269 g/mol. The van der Waals surface area contributed by atoms with Crippen molar-refractivity contribution in [3.8, 4) is 0 Å². The average Bonchev–Trinajstić information content (AvgIpc) is 2.56. The molecular formula is C15H11NO2S. The molecule has 2 aromatic rings. The summed E-state index contributed by atoms with van der Waals surface area (Å²) in [4.78, 5) is 13.0. The standard InChI is InChI=1S/C15H11NO2S/c16-12-6-5-10-2-1-9-3-4-11(15(17)18)7-13(9)19-14(10)8-12/h1-8H,16H2,(H,17,18). The molecule has 1 aliphatic heterocycles. The molecular weight excluding hydrogens is 258 g/mol. The Hall–Kier alpha value is -2.20. The number of hydrogen-bond donors (Lipinski definition) is 2. The Morgan fingerprint density at radius 1 is 1.00 bits per heavy atom. The molecule has 0 aliphatic carbocycles. The Morgan fingerprint density at radius 3 is 2.32 bits per heavy atom. The fraction of sp³-hybridized carbons (Fsp3) is 0. The van der Waals surface area contributed by atoms with Crippen molar-refractivity contribution in [3.63, 3.8) is 0 Å². The van der Waals surface area contributed by atoms with E-state index in [1.165, 1.54) is 0 Å². The fourth-order valence-corrected chi connectivity index (χ4v) is 3.09. The second-order valence-corrected chi connectivity index (χ2v) is 5.37. The van der Waals surface area contributed by atoms with Crippen LogP contribution in [0, 0.1) is 0 Å². The van der Waals surface area contributed by atoms with Gasteiger partial charge in [-0.15, -0.1) is 0 Å². The van der Waals surface area contributed by atoms with Gasteiger partial charge in [-0.1, -0.05) is 36.0 Å². The molecule has 3 rings (SSSR count). The first-order valence-corrected chi connectivity index (χ1v) is 6.58. The van der Waals surface area contributed by atoms with E-state index in [-0.39, 0.29) is 0 Å². The minimum Gasteiger partial charge on any atom is -0.478 e. The third-order valence-corrected chi connectivity index (χ3v) is 4.11. The maximum Gasteiger partial charge on any atom is 0.335 e. The molecule has 0 atom stereocenters. The number of carbonyl (C=O) groups is 1. The van der Waals surface area contributed by atoms with Gasteiger partial charge in [-0.05, 0) is 35.4 Å². The van der Waals surface area contributed by atoms with E-state index in [4.69, 9.17) is 10.8 Å². The lowest BCUT2D eigenvalue weighted by Crippen LogP contribution is -1.96. The predicted octanol–water partition coefficient (Wildman–Crippen LogP) is 3.60. The van der Waals surface area contributed by atoms with Crippen LogP contribution in [0.25, 0.3) is 12.2 Å². The average molecular weight is 269 g/mol. The summed E-state index contributed by atoms with van der Waals surface area (Å²) in [6.45, 7) is 0. The topological polar surface area (TPSA) is 63.3 Å². The number of anilines is 1. The van der Waals surface area contributed by atoms with Gasteiger partial charge in [0, 0.05) is 15.5 Å². The predicted molar refractivity (Wildman–Crippen MR) is 77.3 cm³/mol. The number of carboxylic acids is 1. The molecule has 3 N–H and O–H groups in total. The van der Waals surface area contributed by atoms with Gasteiger partial charge in [0.1, 0.15) is 0 Å². The lowest BCUT2D eigenvalue weighted by molar-refractivity contribution is 0.0696. The number of nitrogens with two attached hydrogens (primary N) is 1. The van der Waals surface area contributed by atoms with Crippen LogP contribution in [0.3, 0.4) is 0 Å². The van der Waals surface area contributed by atoms with Crippen LogP contribution in [-0.4, -0.2) is 11.1 Å². The third-order valence-electron chi connectivity index (χ3n) is 2.96. The van der Waals surface area contributed by atoms with E-state index in [0.29, 0.717) is 11.3 Å². The summed E-state index contributed by atoms with van der Waals surface area (Å²) in [5.74, 6) is -0.913. The number of hydrogen-bond acceptors (Lipinski definition) is 3. The van der Waals surface area contributed by atoms with Gasteiger partial charge >= 0.3 is 5.97 Å². The van der Waals surface area contributed by atoms with E-state index >= 15 is 0 Å². The Kier molecular flexibility index (Phi) is 2.80. The number of rotatable bonds is 1. The zero-order valence-corrected chi connectivity index (χ0v) is 10.8. The van der Waals surface area contributed by atoms with Crippen molar-refractivity contribution in [1.29, 1.82) is 0 Å². The molecule has 2 aromatic carbocycles. The van der Waals surface area contributed by atoms with Gasteiger partial charge in [0.05, 0.1) is 5.56 Å². The molecule has 1 heterocycles. The van der Waals surface area contributed by atoms with Crippen LogP contribution in [0.5, 0.6) is 0 Å². The zero-order valence-electron chi connectivity index (χ0n) is 9.96. The quantitative estimate of drug-likeness (QED) is 0.662. The van der Waals surface area contributed by atoms with E-state index in [0.717, 1.165) is 20.9 Å². The van der Waals surface area contributed by atoms with Crippen molar-refractivity contribution in [2.24, 2.45) is 0 Å². The van der Waals surface area contributed by atoms with E-state index < -0.39 is 5.97 Å². The van der Waals surface area contributed by atoms with Crippen LogP contribution in [0.1, 0.15) is 21.5 Å². The summed E-state index contributed by atoms with van der Waals surface area (Å²) >= 11 is 1.54. The molecule has 0 fully saturated rings. The molecule has 0 spiro atoms. The molecule has 1 aliphatic rings. The van der Waals surface area contributed by atoms with Crippen molar-refractivity contribution < 1.29 is 9.90 Å². The maximum absolute atomic E-state index is 11.0. The molecule has 0 radical (unpaired) electrons. The third kappa shape index (κ3) is 2.22. The summed E-state index contributed by atoms with van der Waals surface area (Å²) < 4.78 is 0. The van der Waals surface area contributed by atoms with Crippen molar-refractivity contribution in [2.45, 2.75) is 9.79 Å². The fourth-order valence-electron chi connectivity index (χ4n) is 1.97. The second kappa shape index (κ2) is 4.48. The Morgan fingerprint density at radius 2 is 1.63 bits per heavy atom. The number of aromatic carboxylic acids is 1. The van der Waals surface area contributed by atoms with E-state index in [1.54, 1.807) is 23.9 Å². The van der Waals surface area contributed by atoms with Gasteiger partial charge < -0.3 is 10.8 Å². The van der Waals surface area contributed by atoms with Crippen LogP contribution in [0.4, 0.5) is 5.69 Å². The maximum atomic E-state index is 11.0. The molecule has 3 nitrogen and oxygen atoms in total. The molecule has 0 amide bonds. The molecule has 0 bridgehead atoms. The van der Waals surface area contributed by atoms with Gasteiger partial charge in [0.25, 0.3) is 0 Å². The Labute approximate surface area is 114 Å². The van der Waals surface area contributed by atoms with Crippen molar-refractivity contribution in [1.82, 2.24) is 0 Å². The van der Waals surface area contributed by atoms with Crippen LogP contribution in [0.2, 0.25) is 0 Å². The normalized spacial score (nSPS) is 12.4. The van der Waals surface area contributed by atoms with E-state index in [2.05, 4.69) is 0 Å². The van der Waals surface area contributed by atoms with Gasteiger partial charge in [-0.3, -0.25) is 0 Å². The Bertz CT molecular complexity index is 707. The minimum absolute atomic E-state index is 0.298. The molecule has 19 heavy (non-hydrogen) atoms. The highest BCUT2D eigenvalue weighted by Crippen LogP contribution is 2.38. The summed E-state index contributed by atoms with van der Waals surface area (Å²) in [5, 5.41) is 9.05. The second-order valence-electron chi connectivity index (χ2n) is 4.29. The molecule has 0 saturated carbocycles. The molecule has 94 valence electrons. The van der Waals surface area contributed by atoms with Crippen LogP contribution < -0.4 is 5.73 Å². The zero-order chi connectivity index (χ0) is 13.4. The van der Waals surface area contributed by atoms with Crippen molar-refractivity contribution in [2.75, 3.05) is 5.73 Å².